The van der Waals surface area contributed by atoms with Crippen LogP contribution in [-0.2, 0) is 4.79 Å². The van der Waals surface area contributed by atoms with Crippen molar-refractivity contribution in [2.75, 3.05) is 16.0 Å². The number of hydrogen-bond acceptors (Lipinski definition) is 5. The molecule has 3 heterocycles. The molecule has 1 aliphatic rings. The van der Waals surface area contributed by atoms with Crippen LogP contribution in [0.4, 0.5) is 21.5 Å². The lowest BCUT2D eigenvalue weighted by molar-refractivity contribution is -0.118. The fraction of sp³-hybridized carbons (Fsp3) is 0.138. The topological polar surface area (TPSA) is 94.7 Å². The smallest absolute Gasteiger partial charge is 0.226 e. The summed E-state index contributed by atoms with van der Waals surface area (Å²) in [5, 5.41) is 18.6. The molecule has 0 bridgehead atoms. The number of aromatic amines is 1. The molecule has 6 rings (SSSR count). The summed E-state index contributed by atoms with van der Waals surface area (Å²) in [6, 6.07) is 20.5. The average Bonchev–Trinajstić information content (AvgIpc) is 3.52. The van der Waals surface area contributed by atoms with Crippen molar-refractivity contribution < 1.29 is 9.18 Å². The average molecular weight is 493 g/mol. The fourth-order valence-corrected chi connectivity index (χ4v) is 4.59. The molecule has 0 fully saturated rings. The standard InChI is InChI=1S/C29H25FN6O/c1-16(2)29(37)32-21-12-19(14-31-15-21)17-9-10-24-23(13-17)27(36-35-24)28-33-25-8-4-7-22(26(25)34-28)18-5-3-6-20(30)11-18/h3-16,28,33-34H,1-2H3,(H,32,37)(H,35,36). The lowest BCUT2D eigenvalue weighted by atomic mass is 10.0. The van der Waals surface area contributed by atoms with Crippen molar-refractivity contribution in [3.63, 3.8) is 0 Å². The van der Waals surface area contributed by atoms with E-state index in [4.69, 9.17) is 0 Å². The van der Waals surface area contributed by atoms with Gasteiger partial charge in [0, 0.05) is 28.6 Å². The quantitative estimate of drug-likeness (QED) is 0.223. The van der Waals surface area contributed by atoms with E-state index in [0.29, 0.717) is 5.69 Å². The molecule has 37 heavy (non-hydrogen) atoms. The lowest BCUT2D eigenvalue weighted by Gasteiger charge is -2.12. The second-order valence-electron chi connectivity index (χ2n) is 9.44. The number of nitrogens with zero attached hydrogens (tertiary/aromatic N) is 2. The van der Waals surface area contributed by atoms with Crippen LogP contribution in [0.25, 0.3) is 33.2 Å². The van der Waals surface area contributed by atoms with E-state index in [1.54, 1.807) is 18.5 Å². The van der Waals surface area contributed by atoms with Gasteiger partial charge in [0.25, 0.3) is 0 Å². The molecule has 1 unspecified atom stereocenters. The third kappa shape index (κ3) is 4.27. The zero-order valence-corrected chi connectivity index (χ0v) is 20.3. The van der Waals surface area contributed by atoms with Crippen molar-refractivity contribution in [1.29, 1.82) is 0 Å². The highest BCUT2D eigenvalue weighted by Crippen LogP contribution is 2.43. The molecule has 4 N–H and O–H groups in total. The summed E-state index contributed by atoms with van der Waals surface area (Å²) < 4.78 is 13.9. The summed E-state index contributed by atoms with van der Waals surface area (Å²) in [6.45, 7) is 3.71. The Morgan fingerprint density at radius 2 is 1.81 bits per heavy atom. The zero-order valence-electron chi connectivity index (χ0n) is 20.3. The number of carbonyl (C=O) groups excluding carboxylic acids is 1. The number of H-pyrrole nitrogens is 1. The van der Waals surface area contributed by atoms with Gasteiger partial charge in [0.2, 0.25) is 5.91 Å². The first kappa shape index (κ1) is 22.7. The maximum atomic E-state index is 13.9. The first-order valence-corrected chi connectivity index (χ1v) is 12.1. The number of anilines is 3. The molecule has 1 amide bonds. The minimum Gasteiger partial charge on any atom is -0.359 e. The zero-order chi connectivity index (χ0) is 25.5. The van der Waals surface area contributed by atoms with Gasteiger partial charge in [-0.2, -0.15) is 5.10 Å². The van der Waals surface area contributed by atoms with Crippen LogP contribution in [0.2, 0.25) is 0 Å². The third-order valence-electron chi connectivity index (χ3n) is 6.52. The highest BCUT2D eigenvalue weighted by molar-refractivity contribution is 5.94. The van der Waals surface area contributed by atoms with E-state index < -0.39 is 0 Å². The van der Waals surface area contributed by atoms with Gasteiger partial charge in [-0.15, -0.1) is 0 Å². The maximum absolute atomic E-state index is 13.9. The Labute approximate surface area is 213 Å². The van der Waals surface area contributed by atoms with E-state index >= 15 is 0 Å². The maximum Gasteiger partial charge on any atom is 0.226 e. The predicted molar refractivity (Wildman–Crippen MR) is 145 cm³/mol. The summed E-state index contributed by atoms with van der Waals surface area (Å²) in [5.41, 5.74) is 7.79. The molecule has 8 heteroatoms. The third-order valence-corrected chi connectivity index (χ3v) is 6.52. The summed E-state index contributed by atoms with van der Waals surface area (Å²) >= 11 is 0. The van der Waals surface area contributed by atoms with Crippen molar-refractivity contribution >= 4 is 33.9 Å². The van der Waals surface area contributed by atoms with Crippen LogP contribution in [0.5, 0.6) is 0 Å². The van der Waals surface area contributed by atoms with E-state index in [0.717, 1.165) is 50.2 Å². The Morgan fingerprint density at radius 3 is 2.65 bits per heavy atom. The van der Waals surface area contributed by atoms with Crippen molar-refractivity contribution in [2.24, 2.45) is 5.92 Å². The van der Waals surface area contributed by atoms with Crippen LogP contribution >= 0.6 is 0 Å². The number of halogens is 1. The highest BCUT2D eigenvalue weighted by Gasteiger charge is 2.27. The molecule has 0 saturated heterocycles. The van der Waals surface area contributed by atoms with Gasteiger partial charge in [-0.05, 0) is 47.5 Å². The van der Waals surface area contributed by atoms with E-state index in [1.807, 2.05) is 56.3 Å². The monoisotopic (exact) mass is 492 g/mol. The Kier molecular flexibility index (Phi) is 5.56. The number of hydrogen-bond donors (Lipinski definition) is 4. The summed E-state index contributed by atoms with van der Waals surface area (Å²) in [5.74, 6) is -0.445. The second-order valence-corrected chi connectivity index (χ2v) is 9.44. The molecule has 3 aromatic carbocycles. The molecule has 1 aliphatic heterocycles. The van der Waals surface area contributed by atoms with Gasteiger partial charge < -0.3 is 16.0 Å². The van der Waals surface area contributed by atoms with Crippen LogP contribution in [-0.4, -0.2) is 21.1 Å². The minimum atomic E-state index is -0.271. The molecule has 0 aliphatic carbocycles. The number of aromatic nitrogens is 3. The van der Waals surface area contributed by atoms with Crippen molar-refractivity contribution in [2.45, 2.75) is 20.0 Å². The Bertz CT molecular complexity index is 1640. The predicted octanol–water partition coefficient (Wildman–Crippen LogP) is 6.56. The molecule has 5 aromatic rings. The van der Waals surface area contributed by atoms with E-state index in [9.17, 15) is 9.18 Å². The van der Waals surface area contributed by atoms with Gasteiger partial charge in [-0.1, -0.05) is 44.2 Å². The Hall–Kier alpha value is -4.72. The van der Waals surface area contributed by atoms with Gasteiger partial charge in [-0.3, -0.25) is 14.9 Å². The highest BCUT2D eigenvalue weighted by atomic mass is 19.1. The van der Waals surface area contributed by atoms with Gasteiger partial charge in [0.05, 0.1) is 34.5 Å². The molecule has 0 spiro atoms. The molecule has 1 atom stereocenters. The normalized spacial score (nSPS) is 14.3. The van der Waals surface area contributed by atoms with Crippen LogP contribution in [0.15, 0.2) is 79.1 Å². The number of rotatable bonds is 5. The van der Waals surface area contributed by atoms with Gasteiger partial charge >= 0.3 is 0 Å². The SMILES string of the molecule is CC(C)C(=O)Nc1cncc(-c2ccc3n[nH]c(C4Nc5cccc(-c6cccc(F)c6)c5N4)c3c2)c1. The number of fused-ring (bicyclic) bond motifs is 2. The van der Waals surface area contributed by atoms with Crippen LogP contribution in [0.3, 0.4) is 0 Å². The van der Waals surface area contributed by atoms with Crippen LogP contribution in [0.1, 0.15) is 25.7 Å². The number of nitrogens with one attached hydrogen (secondary N) is 4. The second kappa shape index (κ2) is 9.05. The minimum absolute atomic E-state index is 0.0536. The molecule has 184 valence electrons. The van der Waals surface area contributed by atoms with E-state index in [-0.39, 0.29) is 23.8 Å². The Balaban J connectivity index is 1.33. The van der Waals surface area contributed by atoms with Gasteiger partial charge in [0.1, 0.15) is 12.0 Å². The van der Waals surface area contributed by atoms with Gasteiger partial charge in [0.15, 0.2) is 0 Å². The number of pyridine rings is 1. The molecular weight excluding hydrogens is 467 g/mol. The first-order chi connectivity index (χ1) is 18.0. The van der Waals surface area contributed by atoms with Crippen molar-refractivity contribution in [1.82, 2.24) is 15.2 Å². The van der Waals surface area contributed by atoms with Gasteiger partial charge in [-0.25, -0.2) is 4.39 Å². The van der Waals surface area contributed by atoms with Crippen molar-refractivity contribution in [3.05, 3.63) is 90.6 Å². The molecular formula is C29H25FN6O. The largest absolute Gasteiger partial charge is 0.359 e. The first-order valence-electron chi connectivity index (χ1n) is 12.1. The van der Waals surface area contributed by atoms with Crippen molar-refractivity contribution in [3.8, 4) is 22.3 Å². The van der Waals surface area contributed by atoms with E-state index in [1.165, 1.54) is 12.1 Å². The lowest BCUT2D eigenvalue weighted by Crippen LogP contribution is -2.17. The molecule has 0 radical (unpaired) electrons. The Morgan fingerprint density at radius 1 is 0.946 bits per heavy atom. The fourth-order valence-electron chi connectivity index (χ4n) is 4.59. The summed E-state index contributed by atoms with van der Waals surface area (Å²) in [7, 11) is 0. The number of amides is 1. The number of para-hydroxylation sites is 1. The molecule has 2 aromatic heterocycles. The van der Waals surface area contributed by atoms with Crippen LogP contribution in [0, 0.1) is 11.7 Å². The summed E-state index contributed by atoms with van der Waals surface area (Å²) in [6.07, 6.45) is 3.17. The number of carbonyl (C=O) groups is 1. The van der Waals surface area contributed by atoms with Crippen LogP contribution < -0.4 is 16.0 Å². The van der Waals surface area contributed by atoms with E-state index in [2.05, 4.69) is 37.2 Å². The molecule has 0 saturated carbocycles. The summed E-state index contributed by atoms with van der Waals surface area (Å²) in [4.78, 5) is 16.5. The number of benzene rings is 3. The molecule has 7 nitrogen and oxygen atoms in total.